The van der Waals surface area contributed by atoms with Crippen LogP contribution in [0.5, 0.6) is 0 Å². The third-order valence-electron chi connectivity index (χ3n) is 3.59. The van der Waals surface area contributed by atoms with Gasteiger partial charge < -0.3 is 18.9 Å². The van der Waals surface area contributed by atoms with Crippen molar-refractivity contribution in [3.8, 4) is 0 Å². The lowest BCUT2D eigenvalue weighted by molar-refractivity contribution is -0.192. The van der Waals surface area contributed by atoms with E-state index in [1.807, 2.05) is 13.8 Å². The Bertz CT molecular complexity index is 366. The minimum atomic E-state index is -1.07. The molecule has 0 aromatic carbocycles. The van der Waals surface area contributed by atoms with Gasteiger partial charge in [-0.3, -0.25) is 9.59 Å². The van der Waals surface area contributed by atoms with Crippen molar-refractivity contribution in [1.29, 1.82) is 0 Å². The molecule has 0 aromatic heterocycles. The molecule has 0 bridgehead atoms. The zero-order valence-electron chi connectivity index (χ0n) is 14.9. The Hall–Kier alpha value is -1.14. The maximum atomic E-state index is 12.3. The van der Waals surface area contributed by atoms with E-state index in [0.29, 0.717) is 13.0 Å². The molecule has 0 heterocycles. The molecule has 0 aromatic rings. The van der Waals surface area contributed by atoms with Crippen LogP contribution in [0.3, 0.4) is 0 Å². The van der Waals surface area contributed by atoms with Crippen molar-refractivity contribution in [2.75, 3.05) is 26.9 Å². The van der Waals surface area contributed by atoms with Gasteiger partial charge in [-0.15, -0.1) is 0 Å². The number of esters is 2. The van der Waals surface area contributed by atoms with Crippen molar-refractivity contribution in [3.05, 3.63) is 0 Å². The van der Waals surface area contributed by atoms with Crippen molar-refractivity contribution in [1.82, 2.24) is 0 Å². The topological polar surface area (TPSA) is 71.1 Å². The molecular formula is C16H30O6. The van der Waals surface area contributed by atoms with E-state index in [0.717, 1.165) is 0 Å². The molecule has 0 fully saturated rings. The quantitative estimate of drug-likeness (QED) is 0.455. The number of ether oxygens (including phenoxy) is 4. The molecular weight excluding hydrogens is 288 g/mol. The normalized spacial score (nSPS) is 15.8. The Morgan fingerprint density at radius 3 is 2.09 bits per heavy atom. The van der Waals surface area contributed by atoms with E-state index in [9.17, 15) is 9.59 Å². The zero-order chi connectivity index (χ0) is 17.4. The Kier molecular flexibility index (Phi) is 8.63. The van der Waals surface area contributed by atoms with Crippen LogP contribution in [0.15, 0.2) is 0 Å². The average Bonchev–Trinajstić information content (AvgIpc) is 2.45. The van der Waals surface area contributed by atoms with Gasteiger partial charge in [0.1, 0.15) is 12.0 Å². The predicted octanol–water partition coefficient (Wildman–Crippen LogP) is 2.54. The molecule has 0 aliphatic carbocycles. The second-order valence-electron chi connectivity index (χ2n) is 6.24. The van der Waals surface area contributed by atoms with Crippen molar-refractivity contribution >= 4 is 11.9 Å². The molecule has 2 atom stereocenters. The largest absolute Gasteiger partial charge is 0.464 e. The number of methoxy groups -OCH3 is 1. The van der Waals surface area contributed by atoms with E-state index in [2.05, 4.69) is 0 Å². The molecule has 0 saturated heterocycles. The highest BCUT2D eigenvalue weighted by atomic mass is 16.7. The first-order chi connectivity index (χ1) is 10.1. The molecule has 0 spiro atoms. The Morgan fingerprint density at radius 2 is 1.64 bits per heavy atom. The SMILES string of the molecule is CCOC(C)OC(=O)C(C)(COC)COC(=O)C(C)(C)CC. The summed E-state index contributed by atoms with van der Waals surface area (Å²) < 4.78 is 20.8. The zero-order valence-corrected chi connectivity index (χ0v) is 14.9. The standard InChI is InChI=1S/C16H30O6/c1-8-15(4,5)13(17)21-11-16(6,10-19-7)14(18)22-12(3)20-9-2/h12H,8-11H2,1-7H3. The summed E-state index contributed by atoms with van der Waals surface area (Å²) in [6.07, 6.45) is -0.00462. The van der Waals surface area contributed by atoms with E-state index < -0.39 is 23.1 Å². The predicted molar refractivity (Wildman–Crippen MR) is 82.2 cm³/mol. The van der Waals surface area contributed by atoms with Gasteiger partial charge >= 0.3 is 11.9 Å². The van der Waals surface area contributed by atoms with Crippen molar-refractivity contribution < 1.29 is 28.5 Å². The molecule has 0 saturated carbocycles. The van der Waals surface area contributed by atoms with Crippen LogP contribution >= 0.6 is 0 Å². The van der Waals surface area contributed by atoms with Crippen LogP contribution in [0.25, 0.3) is 0 Å². The van der Waals surface area contributed by atoms with E-state index in [-0.39, 0.29) is 19.2 Å². The van der Waals surface area contributed by atoms with Gasteiger partial charge in [0.25, 0.3) is 0 Å². The Morgan fingerprint density at radius 1 is 1.05 bits per heavy atom. The molecule has 2 unspecified atom stereocenters. The van der Waals surface area contributed by atoms with Gasteiger partial charge in [-0.05, 0) is 41.0 Å². The minimum Gasteiger partial charge on any atom is -0.464 e. The number of rotatable bonds is 10. The molecule has 6 nitrogen and oxygen atoms in total. The highest BCUT2D eigenvalue weighted by Gasteiger charge is 2.39. The van der Waals surface area contributed by atoms with E-state index in [1.54, 1.807) is 27.7 Å². The summed E-state index contributed by atoms with van der Waals surface area (Å²) in [5.74, 6) is -0.861. The van der Waals surface area contributed by atoms with Crippen molar-refractivity contribution in [2.24, 2.45) is 10.8 Å². The lowest BCUT2D eigenvalue weighted by Gasteiger charge is -2.29. The smallest absolute Gasteiger partial charge is 0.319 e. The average molecular weight is 318 g/mol. The fourth-order valence-electron chi connectivity index (χ4n) is 1.60. The maximum Gasteiger partial charge on any atom is 0.319 e. The molecule has 130 valence electrons. The molecule has 6 heteroatoms. The lowest BCUT2D eigenvalue weighted by atomic mass is 9.89. The summed E-state index contributed by atoms with van der Waals surface area (Å²) in [5.41, 5.74) is -1.66. The first-order valence-corrected chi connectivity index (χ1v) is 7.61. The molecule has 0 aliphatic rings. The second-order valence-corrected chi connectivity index (χ2v) is 6.24. The molecule has 0 radical (unpaired) electrons. The van der Waals surface area contributed by atoms with Gasteiger partial charge in [0.2, 0.25) is 0 Å². The third kappa shape index (κ3) is 6.32. The molecule has 0 amide bonds. The van der Waals surface area contributed by atoms with Gasteiger partial charge in [-0.1, -0.05) is 6.92 Å². The summed E-state index contributed by atoms with van der Waals surface area (Å²) in [5, 5.41) is 0. The maximum absolute atomic E-state index is 12.3. The van der Waals surface area contributed by atoms with Crippen molar-refractivity contribution in [3.63, 3.8) is 0 Å². The molecule has 0 rings (SSSR count). The van der Waals surface area contributed by atoms with Gasteiger partial charge in [0, 0.05) is 13.7 Å². The summed E-state index contributed by atoms with van der Waals surface area (Å²) in [6.45, 7) is 11.0. The summed E-state index contributed by atoms with van der Waals surface area (Å²) >= 11 is 0. The third-order valence-corrected chi connectivity index (χ3v) is 3.59. The highest BCUT2D eigenvalue weighted by Crippen LogP contribution is 2.25. The number of hydrogen-bond acceptors (Lipinski definition) is 6. The summed E-state index contributed by atoms with van der Waals surface area (Å²) in [6, 6.07) is 0. The van der Waals surface area contributed by atoms with Crippen molar-refractivity contribution in [2.45, 2.75) is 54.3 Å². The fourth-order valence-corrected chi connectivity index (χ4v) is 1.60. The number of hydrogen-bond donors (Lipinski definition) is 0. The van der Waals surface area contributed by atoms with Crippen LogP contribution in [0.4, 0.5) is 0 Å². The first-order valence-electron chi connectivity index (χ1n) is 7.61. The van der Waals surface area contributed by atoms with Gasteiger partial charge in [0.15, 0.2) is 6.29 Å². The summed E-state index contributed by atoms with van der Waals surface area (Å²) in [4.78, 5) is 24.4. The number of carbonyl (C=O) groups is 2. The van der Waals surface area contributed by atoms with E-state index in [1.165, 1.54) is 7.11 Å². The molecule has 22 heavy (non-hydrogen) atoms. The molecule has 0 N–H and O–H groups in total. The fraction of sp³-hybridized carbons (Fsp3) is 0.875. The minimum absolute atomic E-state index is 0.0878. The summed E-state index contributed by atoms with van der Waals surface area (Å²) in [7, 11) is 1.48. The van der Waals surface area contributed by atoms with Crippen LogP contribution in [-0.4, -0.2) is 45.2 Å². The Labute approximate surface area is 133 Å². The van der Waals surface area contributed by atoms with Crippen LogP contribution < -0.4 is 0 Å². The highest BCUT2D eigenvalue weighted by molar-refractivity contribution is 5.79. The monoisotopic (exact) mass is 318 g/mol. The van der Waals surface area contributed by atoms with Crippen LogP contribution in [0.1, 0.15) is 48.0 Å². The second kappa shape index (κ2) is 9.10. The first kappa shape index (κ1) is 20.9. The molecule has 0 aliphatic heterocycles. The lowest BCUT2D eigenvalue weighted by Crippen LogP contribution is -2.42. The van der Waals surface area contributed by atoms with E-state index in [4.69, 9.17) is 18.9 Å². The van der Waals surface area contributed by atoms with Crippen LogP contribution in [0, 0.1) is 10.8 Å². The van der Waals surface area contributed by atoms with Gasteiger partial charge in [-0.2, -0.15) is 0 Å². The Balaban J connectivity index is 4.80. The number of carbonyl (C=O) groups excluding carboxylic acids is 2. The van der Waals surface area contributed by atoms with Crippen LogP contribution in [-0.2, 0) is 28.5 Å². The van der Waals surface area contributed by atoms with Crippen LogP contribution in [0.2, 0.25) is 0 Å². The van der Waals surface area contributed by atoms with E-state index >= 15 is 0 Å². The van der Waals surface area contributed by atoms with Gasteiger partial charge in [0.05, 0.1) is 12.0 Å². The van der Waals surface area contributed by atoms with Gasteiger partial charge in [-0.25, -0.2) is 0 Å².